The van der Waals surface area contributed by atoms with Gasteiger partial charge in [-0.25, -0.2) is 0 Å². The Hall–Kier alpha value is -1.63. The van der Waals surface area contributed by atoms with Gasteiger partial charge in [0, 0.05) is 43.3 Å². The third-order valence-corrected chi connectivity index (χ3v) is 4.88. The minimum Gasteiger partial charge on any atom is -0.381 e. The number of nitrogens with zero attached hydrogens (tertiary/aromatic N) is 1. The number of hydrogen-bond donors (Lipinski definition) is 1. The summed E-state index contributed by atoms with van der Waals surface area (Å²) in [7, 11) is -2.27. The normalized spacial score (nSPS) is 11.8. The highest BCUT2D eigenvalue weighted by atomic mass is 32.2. The predicted octanol–water partition coefficient (Wildman–Crippen LogP) is 3.73. The van der Waals surface area contributed by atoms with Gasteiger partial charge in [0.05, 0.1) is 0 Å². The van der Waals surface area contributed by atoms with E-state index in [0.717, 1.165) is 43.5 Å². The van der Waals surface area contributed by atoms with E-state index >= 15 is 0 Å². The zero-order valence-electron chi connectivity index (χ0n) is 14.2. The Labute approximate surface area is 144 Å². The number of ether oxygens (including phenoxy) is 1. The van der Waals surface area contributed by atoms with E-state index in [9.17, 15) is 13.0 Å². The minimum atomic E-state index is -4.24. The average Bonchev–Trinajstić information content (AvgIpc) is 2.55. The van der Waals surface area contributed by atoms with Crippen LogP contribution in [-0.2, 0) is 14.9 Å². The quantitative estimate of drug-likeness (QED) is 0.551. The van der Waals surface area contributed by atoms with Gasteiger partial charge in [-0.15, -0.1) is 0 Å². The van der Waals surface area contributed by atoms with Crippen LogP contribution in [0.15, 0.2) is 41.3 Å². The highest BCUT2D eigenvalue weighted by Crippen LogP contribution is 2.30. The second-order valence-corrected chi connectivity index (χ2v) is 7.23. The lowest BCUT2D eigenvalue weighted by molar-refractivity contribution is 0.130. The Morgan fingerprint density at radius 1 is 1.04 bits per heavy atom. The van der Waals surface area contributed by atoms with Crippen LogP contribution in [0.25, 0.3) is 10.8 Å². The fourth-order valence-electron chi connectivity index (χ4n) is 2.70. The first-order valence-corrected chi connectivity index (χ1v) is 9.67. The Morgan fingerprint density at radius 2 is 1.71 bits per heavy atom. The molecule has 2 rings (SSSR count). The number of unbranched alkanes of at least 4 members (excludes halogenated alkanes) is 1. The molecule has 0 amide bonds. The molecule has 0 spiro atoms. The summed E-state index contributed by atoms with van der Waals surface area (Å²) in [5, 5.41) is 1.34. The SMILES string of the molecule is CCCCOCCCN(C)c1cccc2c(S(=O)(=O)O)cccc12. The van der Waals surface area contributed by atoms with Crippen LogP contribution in [0, 0.1) is 0 Å². The smallest absolute Gasteiger partial charge is 0.295 e. The zero-order valence-corrected chi connectivity index (χ0v) is 15.1. The molecule has 0 aliphatic rings. The van der Waals surface area contributed by atoms with Crippen molar-refractivity contribution in [1.29, 1.82) is 0 Å². The van der Waals surface area contributed by atoms with Crippen LogP contribution in [0.5, 0.6) is 0 Å². The monoisotopic (exact) mass is 351 g/mol. The summed E-state index contributed by atoms with van der Waals surface area (Å²) in [5.41, 5.74) is 0.937. The fourth-order valence-corrected chi connectivity index (χ4v) is 3.40. The predicted molar refractivity (Wildman–Crippen MR) is 97.4 cm³/mol. The molecule has 24 heavy (non-hydrogen) atoms. The van der Waals surface area contributed by atoms with Crippen molar-refractivity contribution in [2.45, 2.75) is 31.1 Å². The van der Waals surface area contributed by atoms with Crippen LogP contribution in [0.4, 0.5) is 5.69 Å². The van der Waals surface area contributed by atoms with Gasteiger partial charge in [-0.2, -0.15) is 8.42 Å². The van der Waals surface area contributed by atoms with Crippen molar-refractivity contribution in [2.24, 2.45) is 0 Å². The van der Waals surface area contributed by atoms with Crippen molar-refractivity contribution < 1.29 is 17.7 Å². The van der Waals surface area contributed by atoms with Crippen LogP contribution in [-0.4, -0.2) is 39.8 Å². The maximum absolute atomic E-state index is 11.6. The lowest BCUT2D eigenvalue weighted by atomic mass is 10.1. The molecule has 1 N–H and O–H groups in total. The highest BCUT2D eigenvalue weighted by Gasteiger charge is 2.15. The van der Waals surface area contributed by atoms with Gasteiger partial charge in [-0.1, -0.05) is 37.6 Å². The Bertz CT molecular complexity index is 774. The number of anilines is 1. The molecule has 0 saturated heterocycles. The molecule has 132 valence electrons. The molecule has 6 heteroatoms. The van der Waals surface area contributed by atoms with E-state index in [1.165, 1.54) is 6.07 Å². The minimum absolute atomic E-state index is 0.0573. The molecule has 0 radical (unpaired) electrons. The number of fused-ring (bicyclic) bond motifs is 1. The lowest BCUT2D eigenvalue weighted by Crippen LogP contribution is -2.20. The Balaban J connectivity index is 2.14. The third-order valence-electron chi connectivity index (χ3n) is 3.97. The maximum Gasteiger partial charge on any atom is 0.295 e. The number of rotatable bonds is 9. The summed E-state index contributed by atoms with van der Waals surface area (Å²) in [5.74, 6) is 0. The molecule has 0 atom stereocenters. The van der Waals surface area contributed by atoms with Crippen LogP contribution < -0.4 is 4.90 Å². The van der Waals surface area contributed by atoms with Gasteiger partial charge < -0.3 is 9.64 Å². The summed E-state index contributed by atoms with van der Waals surface area (Å²) in [6.07, 6.45) is 3.11. The molecule has 2 aromatic carbocycles. The van der Waals surface area contributed by atoms with Gasteiger partial charge in [0.1, 0.15) is 4.90 Å². The van der Waals surface area contributed by atoms with E-state index in [1.807, 2.05) is 19.2 Å². The molecule has 2 aromatic rings. The lowest BCUT2D eigenvalue weighted by Gasteiger charge is -2.21. The fraction of sp³-hybridized carbons (Fsp3) is 0.444. The van der Waals surface area contributed by atoms with E-state index in [-0.39, 0.29) is 4.90 Å². The zero-order chi connectivity index (χ0) is 17.6. The van der Waals surface area contributed by atoms with Gasteiger partial charge in [0.15, 0.2) is 0 Å². The average molecular weight is 351 g/mol. The summed E-state index contributed by atoms with van der Waals surface area (Å²) in [6, 6.07) is 10.4. The van der Waals surface area contributed by atoms with Gasteiger partial charge in [-0.05, 0) is 25.0 Å². The van der Waals surface area contributed by atoms with Crippen LogP contribution in [0.2, 0.25) is 0 Å². The topological polar surface area (TPSA) is 66.8 Å². The van der Waals surface area contributed by atoms with E-state index < -0.39 is 10.1 Å². The van der Waals surface area contributed by atoms with Gasteiger partial charge >= 0.3 is 0 Å². The third kappa shape index (κ3) is 4.69. The van der Waals surface area contributed by atoms with Crippen molar-refractivity contribution in [3.05, 3.63) is 36.4 Å². The first-order valence-electron chi connectivity index (χ1n) is 8.23. The summed E-state index contributed by atoms with van der Waals surface area (Å²) >= 11 is 0. The van der Waals surface area contributed by atoms with Gasteiger partial charge in [0.25, 0.3) is 10.1 Å². The molecule has 0 saturated carbocycles. The van der Waals surface area contributed by atoms with Crippen LogP contribution in [0.1, 0.15) is 26.2 Å². The van der Waals surface area contributed by atoms with E-state index in [1.54, 1.807) is 18.2 Å². The Morgan fingerprint density at radius 3 is 2.42 bits per heavy atom. The van der Waals surface area contributed by atoms with Crippen molar-refractivity contribution >= 4 is 26.6 Å². The van der Waals surface area contributed by atoms with Crippen molar-refractivity contribution in [1.82, 2.24) is 0 Å². The molecule has 0 unspecified atom stereocenters. The van der Waals surface area contributed by atoms with Crippen LogP contribution >= 0.6 is 0 Å². The number of benzene rings is 2. The molecular formula is C18H25NO4S. The second kappa shape index (κ2) is 8.46. The van der Waals surface area contributed by atoms with Crippen molar-refractivity contribution in [2.75, 3.05) is 31.7 Å². The van der Waals surface area contributed by atoms with Crippen molar-refractivity contribution in [3.63, 3.8) is 0 Å². The first-order chi connectivity index (χ1) is 11.4. The molecule has 0 fully saturated rings. The van der Waals surface area contributed by atoms with Gasteiger partial charge in [-0.3, -0.25) is 4.55 Å². The summed E-state index contributed by atoms with van der Waals surface area (Å²) < 4.78 is 38.1. The second-order valence-electron chi connectivity index (χ2n) is 5.84. The molecule has 0 bridgehead atoms. The van der Waals surface area contributed by atoms with E-state index in [2.05, 4.69) is 11.8 Å². The highest BCUT2D eigenvalue weighted by molar-refractivity contribution is 7.86. The largest absolute Gasteiger partial charge is 0.381 e. The number of hydrogen-bond acceptors (Lipinski definition) is 4. The molecule has 0 heterocycles. The maximum atomic E-state index is 11.6. The molecule has 0 aliphatic carbocycles. The standard InChI is InChI=1S/C18H25NO4S/c1-3-4-13-23-14-7-12-19(2)17-10-5-9-16-15(17)8-6-11-18(16)24(20,21)22/h5-6,8-11H,3-4,7,12-14H2,1-2H3,(H,20,21,22). The van der Waals surface area contributed by atoms with Gasteiger partial charge in [0.2, 0.25) is 0 Å². The molecular weight excluding hydrogens is 326 g/mol. The van der Waals surface area contributed by atoms with E-state index in [4.69, 9.17) is 4.74 Å². The Kier molecular flexibility index (Phi) is 6.60. The van der Waals surface area contributed by atoms with Crippen molar-refractivity contribution in [3.8, 4) is 0 Å². The van der Waals surface area contributed by atoms with Crippen LogP contribution in [0.3, 0.4) is 0 Å². The summed E-state index contributed by atoms with van der Waals surface area (Å²) in [6.45, 7) is 4.46. The first kappa shape index (κ1) is 18.7. The molecule has 5 nitrogen and oxygen atoms in total. The van der Waals surface area contributed by atoms with E-state index in [0.29, 0.717) is 12.0 Å². The summed E-state index contributed by atoms with van der Waals surface area (Å²) in [4.78, 5) is 2.03. The molecule has 0 aromatic heterocycles. The molecule has 0 aliphatic heterocycles.